The molecule has 146 valence electrons. The molecule has 0 saturated carbocycles. The second-order valence-corrected chi connectivity index (χ2v) is 7.78. The summed E-state index contributed by atoms with van der Waals surface area (Å²) in [6.07, 6.45) is 0.810. The van der Waals surface area contributed by atoms with Gasteiger partial charge in [-0.3, -0.25) is 14.2 Å². The first-order chi connectivity index (χ1) is 13.5. The number of thioether (sulfide) groups is 1. The van der Waals surface area contributed by atoms with E-state index in [1.165, 1.54) is 11.8 Å². The second-order valence-electron chi connectivity index (χ2n) is 6.83. The summed E-state index contributed by atoms with van der Waals surface area (Å²) >= 11 is 1.30. The molecule has 2 atom stereocenters. The number of para-hydroxylation sites is 1. The van der Waals surface area contributed by atoms with Gasteiger partial charge in [-0.15, -0.1) is 0 Å². The van der Waals surface area contributed by atoms with E-state index in [1.807, 2.05) is 69.3 Å². The highest BCUT2D eigenvalue weighted by atomic mass is 32.2. The van der Waals surface area contributed by atoms with Crippen molar-refractivity contribution < 1.29 is 4.79 Å². The number of aromatic nitrogens is 2. The molecule has 28 heavy (non-hydrogen) atoms. The maximum absolute atomic E-state index is 13.0. The van der Waals surface area contributed by atoms with Crippen LogP contribution in [0.1, 0.15) is 44.8 Å². The summed E-state index contributed by atoms with van der Waals surface area (Å²) in [4.78, 5) is 30.1. The first kappa shape index (κ1) is 20.1. The van der Waals surface area contributed by atoms with Crippen LogP contribution in [-0.4, -0.2) is 21.2 Å². The minimum Gasteiger partial charge on any atom is -0.349 e. The second kappa shape index (κ2) is 9.06. The van der Waals surface area contributed by atoms with Crippen molar-refractivity contribution in [2.24, 2.45) is 0 Å². The molecule has 0 aliphatic heterocycles. The van der Waals surface area contributed by atoms with Gasteiger partial charge in [-0.05, 0) is 38.0 Å². The molecule has 1 aromatic heterocycles. The largest absolute Gasteiger partial charge is 0.349 e. The normalized spacial score (nSPS) is 13.2. The monoisotopic (exact) mass is 395 g/mol. The molecule has 1 heterocycles. The number of amides is 1. The lowest BCUT2D eigenvalue weighted by molar-refractivity contribution is -0.119. The van der Waals surface area contributed by atoms with E-state index in [0.29, 0.717) is 16.1 Å². The van der Waals surface area contributed by atoms with Crippen LogP contribution in [0.4, 0.5) is 0 Å². The fourth-order valence-corrected chi connectivity index (χ4v) is 3.95. The molecular weight excluding hydrogens is 370 g/mol. The van der Waals surface area contributed by atoms with Gasteiger partial charge in [0.15, 0.2) is 5.16 Å². The van der Waals surface area contributed by atoms with Crippen LogP contribution in [0.2, 0.25) is 0 Å². The lowest BCUT2D eigenvalue weighted by Gasteiger charge is -2.18. The van der Waals surface area contributed by atoms with Crippen molar-refractivity contribution in [2.75, 3.05) is 5.75 Å². The van der Waals surface area contributed by atoms with Crippen molar-refractivity contribution >= 4 is 28.6 Å². The average molecular weight is 396 g/mol. The van der Waals surface area contributed by atoms with Crippen molar-refractivity contribution in [3.8, 4) is 0 Å². The Morgan fingerprint density at radius 2 is 1.79 bits per heavy atom. The zero-order chi connectivity index (χ0) is 20.1. The Hall–Kier alpha value is -2.60. The van der Waals surface area contributed by atoms with E-state index in [9.17, 15) is 9.59 Å². The SMILES string of the molecule is CCC(C)n1c(SCC(=O)NC(C)c2ccccc2)nc2ccccc2c1=O. The highest BCUT2D eigenvalue weighted by Gasteiger charge is 2.17. The Morgan fingerprint density at radius 3 is 2.50 bits per heavy atom. The van der Waals surface area contributed by atoms with Crippen molar-refractivity contribution in [1.82, 2.24) is 14.9 Å². The quantitative estimate of drug-likeness (QED) is 0.477. The highest BCUT2D eigenvalue weighted by Crippen LogP contribution is 2.22. The number of hydrogen-bond acceptors (Lipinski definition) is 4. The summed E-state index contributed by atoms with van der Waals surface area (Å²) in [6.45, 7) is 6.00. The number of carbonyl (C=O) groups is 1. The number of rotatable bonds is 7. The van der Waals surface area contributed by atoms with E-state index in [2.05, 4.69) is 10.3 Å². The van der Waals surface area contributed by atoms with Crippen LogP contribution in [0.15, 0.2) is 64.5 Å². The number of nitrogens with one attached hydrogen (secondary N) is 1. The summed E-state index contributed by atoms with van der Waals surface area (Å²) in [6, 6.07) is 17.1. The van der Waals surface area contributed by atoms with Crippen molar-refractivity contribution in [3.05, 3.63) is 70.5 Å². The van der Waals surface area contributed by atoms with Gasteiger partial charge in [-0.2, -0.15) is 0 Å². The molecule has 0 radical (unpaired) electrons. The van der Waals surface area contributed by atoms with Gasteiger partial charge in [0.25, 0.3) is 5.56 Å². The first-order valence-corrected chi connectivity index (χ1v) is 10.5. The van der Waals surface area contributed by atoms with Gasteiger partial charge >= 0.3 is 0 Å². The van der Waals surface area contributed by atoms with Crippen molar-refractivity contribution in [3.63, 3.8) is 0 Å². The molecule has 0 bridgehead atoms. The number of carbonyl (C=O) groups excluding carboxylic acids is 1. The molecule has 3 aromatic rings. The average Bonchev–Trinajstić information content (AvgIpc) is 2.72. The molecule has 5 nitrogen and oxygen atoms in total. The van der Waals surface area contributed by atoms with Crippen LogP contribution in [-0.2, 0) is 4.79 Å². The number of fused-ring (bicyclic) bond motifs is 1. The predicted molar refractivity (Wildman–Crippen MR) is 115 cm³/mol. The molecule has 0 aliphatic rings. The fraction of sp³-hybridized carbons (Fsp3) is 0.318. The lowest BCUT2D eigenvalue weighted by atomic mass is 10.1. The van der Waals surface area contributed by atoms with E-state index in [4.69, 9.17) is 0 Å². The molecule has 6 heteroatoms. The van der Waals surface area contributed by atoms with Crippen LogP contribution in [0.3, 0.4) is 0 Å². The number of benzene rings is 2. The number of hydrogen-bond donors (Lipinski definition) is 1. The molecule has 0 spiro atoms. The zero-order valence-electron chi connectivity index (χ0n) is 16.4. The van der Waals surface area contributed by atoms with Crippen LogP contribution >= 0.6 is 11.8 Å². The zero-order valence-corrected chi connectivity index (χ0v) is 17.2. The van der Waals surface area contributed by atoms with Gasteiger partial charge in [-0.25, -0.2) is 4.98 Å². The summed E-state index contributed by atoms with van der Waals surface area (Å²) in [5.41, 5.74) is 1.66. The van der Waals surface area contributed by atoms with Crippen LogP contribution < -0.4 is 10.9 Å². The first-order valence-electron chi connectivity index (χ1n) is 9.49. The lowest BCUT2D eigenvalue weighted by Crippen LogP contribution is -2.29. The molecular formula is C22H25N3O2S. The Kier molecular flexibility index (Phi) is 6.52. The van der Waals surface area contributed by atoms with E-state index in [1.54, 1.807) is 10.6 Å². The summed E-state index contributed by atoms with van der Waals surface area (Å²) in [7, 11) is 0. The Morgan fingerprint density at radius 1 is 1.11 bits per heavy atom. The fourth-order valence-electron chi connectivity index (χ4n) is 3.04. The van der Waals surface area contributed by atoms with Gasteiger partial charge < -0.3 is 5.32 Å². The Bertz CT molecular complexity index is 1020. The van der Waals surface area contributed by atoms with E-state index in [-0.39, 0.29) is 29.3 Å². The third-order valence-corrected chi connectivity index (χ3v) is 5.77. The maximum Gasteiger partial charge on any atom is 0.262 e. The maximum atomic E-state index is 13.0. The van der Waals surface area contributed by atoms with Gasteiger partial charge in [0.05, 0.1) is 22.7 Å². The van der Waals surface area contributed by atoms with Crippen LogP contribution in [0, 0.1) is 0 Å². The molecule has 1 N–H and O–H groups in total. The Labute approximate surface area is 169 Å². The third kappa shape index (κ3) is 4.44. The van der Waals surface area contributed by atoms with Crippen LogP contribution in [0.5, 0.6) is 0 Å². The van der Waals surface area contributed by atoms with Crippen molar-refractivity contribution in [2.45, 2.75) is 44.4 Å². The van der Waals surface area contributed by atoms with Crippen LogP contribution in [0.25, 0.3) is 10.9 Å². The summed E-state index contributed by atoms with van der Waals surface area (Å²) in [5, 5.41) is 4.20. The van der Waals surface area contributed by atoms with Gasteiger partial charge in [0, 0.05) is 6.04 Å². The van der Waals surface area contributed by atoms with E-state index in [0.717, 1.165) is 12.0 Å². The minimum atomic E-state index is -0.0838. The third-order valence-electron chi connectivity index (χ3n) is 4.82. The van der Waals surface area contributed by atoms with Gasteiger partial charge in [0.2, 0.25) is 5.91 Å². The van der Waals surface area contributed by atoms with E-state index < -0.39 is 0 Å². The molecule has 2 unspecified atom stereocenters. The molecule has 0 saturated heterocycles. The molecule has 3 rings (SSSR count). The van der Waals surface area contributed by atoms with Crippen molar-refractivity contribution in [1.29, 1.82) is 0 Å². The smallest absolute Gasteiger partial charge is 0.262 e. The predicted octanol–water partition coefficient (Wildman–Crippen LogP) is 4.34. The molecule has 0 aliphatic carbocycles. The summed E-state index contributed by atoms with van der Waals surface area (Å²) in [5.74, 6) is 0.123. The Balaban J connectivity index is 1.79. The van der Waals surface area contributed by atoms with E-state index >= 15 is 0 Å². The summed E-state index contributed by atoms with van der Waals surface area (Å²) < 4.78 is 1.71. The van der Waals surface area contributed by atoms with Gasteiger partial charge in [-0.1, -0.05) is 61.2 Å². The standard InChI is InChI=1S/C22H25N3O2S/c1-4-15(2)25-21(27)18-12-8-9-13-19(18)24-22(25)28-14-20(26)23-16(3)17-10-6-5-7-11-17/h5-13,15-16H,4,14H2,1-3H3,(H,23,26). The molecule has 0 fully saturated rings. The molecule has 1 amide bonds. The van der Waals surface area contributed by atoms with Gasteiger partial charge in [0.1, 0.15) is 0 Å². The molecule has 2 aromatic carbocycles. The topological polar surface area (TPSA) is 64.0 Å². The number of nitrogens with zero attached hydrogens (tertiary/aromatic N) is 2. The highest BCUT2D eigenvalue weighted by molar-refractivity contribution is 7.99. The minimum absolute atomic E-state index is 0.0124.